The molecule has 0 bridgehead atoms. The molecule has 0 aliphatic rings. The van der Waals surface area contributed by atoms with E-state index in [0.29, 0.717) is 22.3 Å². The first-order valence-electron chi connectivity index (χ1n) is 6.15. The second kappa shape index (κ2) is 5.33. The van der Waals surface area contributed by atoms with Crippen molar-refractivity contribution < 1.29 is 4.79 Å². The van der Waals surface area contributed by atoms with Crippen LogP contribution in [-0.2, 0) is 0 Å². The van der Waals surface area contributed by atoms with Crippen LogP contribution in [0.1, 0.15) is 16.3 Å². The first-order chi connectivity index (χ1) is 10.1. The number of rotatable bonds is 3. The van der Waals surface area contributed by atoms with Gasteiger partial charge in [0.25, 0.3) is 5.91 Å². The van der Waals surface area contributed by atoms with Gasteiger partial charge in [0.15, 0.2) is 5.69 Å². The van der Waals surface area contributed by atoms with E-state index >= 15 is 0 Å². The number of anilines is 2. The van der Waals surface area contributed by atoms with Gasteiger partial charge >= 0.3 is 0 Å². The van der Waals surface area contributed by atoms with Crippen LogP contribution in [0.15, 0.2) is 36.5 Å². The lowest BCUT2D eigenvalue weighted by Crippen LogP contribution is -2.13. The summed E-state index contributed by atoms with van der Waals surface area (Å²) < 4.78 is 5.61. The zero-order chi connectivity index (χ0) is 14.8. The lowest BCUT2D eigenvalue weighted by atomic mass is 10.3. The van der Waals surface area contributed by atoms with Crippen LogP contribution in [0.3, 0.4) is 0 Å². The second-order valence-corrected chi connectivity index (χ2v) is 5.09. The van der Waals surface area contributed by atoms with Crippen LogP contribution in [0.25, 0.3) is 5.69 Å². The fourth-order valence-electron chi connectivity index (χ4n) is 1.72. The summed E-state index contributed by atoms with van der Waals surface area (Å²) >= 11 is 1.14. The van der Waals surface area contributed by atoms with Gasteiger partial charge in [-0.05, 0) is 37.3 Å². The smallest absolute Gasteiger partial charge is 0.277 e. The van der Waals surface area contributed by atoms with Crippen LogP contribution in [0, 0.1) is 6.92 Å². The third-order valence-corrected chi connectivity index (χ3v) is 3.45. The van der Waals surface area contributed by atoms with Gasteiger partial charge in [-0.3, -0.25) is 10.1 Å². The molecule has 106 valence electrons. The Balaban J connectivity index is 1.78. The number of hydrogen-bond donors (Lipinski definition) is 2. The summed E-state index contributed by atoms with van der Waals surface area (Å²) in [4.78, 5) is 16.1. The molecule has 0 unspecified atom stereocenters. The topological polar surface area (TPSA) is 98.7 Å². The van der Waals surface area contributed by atoms with Crippen molar-refractivity contribution in [2.75, 3.05) is 11.1 Å². The van der Waals surface area contributed by atoms with Crippen molar-refractivity contribution in [1.29, 1.82) is 0 Å². The van der Waals surface area contributed by atoms with Crippen LogP contribution >= 0.6 is 11.5 Å². The zero-order valence-electron chi connectivity index (χ0n) is 11.1. The summed E-state index contributed by atoms with van der Waals surface area (Å²) in [6, 6.07) is 8.86. The highest BCUT2D eigenvalue weighted by molar-refractivity contribution is 7.09. The Bertz CT molecular complexity index is 776. The molecule has 7 nitrogen and oxygen atoms in total. The molecule has 0 fully saturated rings. The Morgan fingerprint density at radius 2 is 2.05 bits per heavy atom. The minimum atomic E-state index is -0.319. The fraction of sp³-hybridized carbons (Fsp3) is 0.0769. The van der Waals surface area contributed by atoms with E-state index in [0.717, 1.165) is 17.2 Å². The Labute approximate surface area is 124 Å². The molecule has 2 aromatic heterocycles. The van der Waals surface area contributed by atoms with E-state index in [9.17, 15) is 4.79 Å². The van der Waals surface area contributed by atoms with E-state index in [2.05, 4.69) is 19.8 Å². The van der Waals surface area contributed by atoms with E-state index in [1.807, 2.05) is 12.1 Å². The number of aromatic nitrogens is 4. The van der Waals surface area contributed by atoms with Gasteiger partial charge in [-0.15, -0.1) is 0 Å². The van der Waals surface area contributed by atoms with Crippen molar-refractivity contribution in [1.82, 2.24) is 19.1 Å². The van der Waals surface area contributed by atoms with Crippen molar-refractivity contribution in [3.63, 3.8) is 0 Å². The standard InChI is InChI=1S/C13H12N6OS/c1-8-15-13(21-18-8)16-12(20)11-6-7-19(17-11)10-4-2-9(14)3-5-10/h2-7H,14H2,1H3,(H,15,16,18,20). The van der Waals surface area contributed by atoms with Gasteiger partial charge in [0.1, 0.15) is 5.82 Å². The molecule has 0 saturated heterocycles. The molecule has 8 heteroatoms. The minimum absolute atomic E-state index is 0.305. The Kier molecular flexibility index (Phi) is 3.36. The maximum Gasteiger partial charge on any atom is 0.277 e. The van der Waals surface area contributed by atoms with E-state index < -0.39 is 0 Å². The molecule has 0 aliphatic carbocycles. The summed E-state index contributed by atoms with van der Waals surface area (Å²) in [5, 5.41) is 7.35. The molecule has 3 aromatic rings. The summed E-state index contributed by atoms with van der Waals surface area (Å²) in [5.41, 5.74) is 7.45. The van der Waals surface area contributed by atoms with Crippen molar-refractivity contribution in [3.8, 4) is 5.69 Å². The lowest BCUT2D eigenvalue weighted by molar-refractivity contribution is 0.102. The lowest BCUT2D eigenvalue weighted by Gasteiger charge is -2.01. The molecule has 0 atom stereocenters. The third-order valence-electron chi connectivity index (χ3n) is 2.73. The predicted octanol–water partition coefficient (Wildman–Crippen LogP) is 1.87. The Morgan fingerprint density at radius 3 is 2.71 bits per heavy atom. The number of carbonyl (C=O) groups excluding carboxylic acids is 1. The molecule has 0 radical (unpaired) electrons. The number of hydrogen-bond acceptors (Lipinski definition) is 6. The number of amides is 1. The van der Waals surface area contributed by atoms with E-state index in [1.165, 1.54) is 0 Å². The number of nitrogens with two attached hydrogens (primary N) is 1. The number of aryl methyl sites for hydroxylation is 1. The van der Waals surface area contributed by atoms with Crippen LogP contribution in [0.2, 0.25) is 0 Å². The number of nitrogen functional groups attached to an aromatic ring is 1. The summed E-state index contributed by atoms with van der Waals surface area (Å²) in [7, 11) is 0. The average molecular weight is 300 g/mol. The first-order valence-corrected chi connectivity index (χ1v) is 6.92. The molecular weight excluding hydrogens is 288 g/mol. The molecule has 3 N–H and O–H groups in total. The second-order valence-electron chi connectivity index (χ2n) is 4.34. The van der Waals surface area contributed by atoms with Gasteiger partial charge in [-0.2, -0.15) is 9.47 Å². The monoisotopic (exact) mass is 300 g/mol. The number of benzene rings is 1. The Hall–Kier alpha value is -2.74. The number of nitrogens with one attached hydrogen (secondary N) is 1. The molecule has 21 heavy (non-hydrogen) atoms. The van der Waals surface area contributed by atoms with E-state index in [4.69, 9.17) is 5.73 Å². The zero-order valence-corrected chi connectivity index (χ0v) is 12.0. The van der Waals surface area contributed by atoms with Gasteiger partial charge in [0.2, 0.25) is 5.13 Å². The van der Waals surface area contributed by atoms with E-state index in [-0.39, 0.29) is 5.91 Å². The SMILES string of the molecule is Cc1nsc(NC(=O)c2ccn(-c3ccc(N)cc3)n2)n1. The predicted molar refractivity (Wildman–Crippen MR) is 80.6 cm³/mol. The van der Waals surface area contributed by atoms with Gasteiger partial charge in [-0.1, -0.05) is 0 Å². The molecule has 0 saturated carbocycles. The largest absolute Gasteiger partial charge is 0.399 e. The molecule has 0 aliphatic heterocycles. The van der Waals surface area contributed by atoms with Crippen LogP contribution < -0.4 is 11.1 Å². The molecule has 2 heterocycles. The van der Waals surface area contributed by atoms with Crippen molar-refractivity contribution >= 4 is 28.3 Å². The molecule has 1 amide bonds. The highest BCUT2D eigenvalue weighted by atomic mass is 32.1. The number of nitrogens with zero attached hydrogens (tertiary/aromatic N) is 4. The van der Waals surface area contributed by atoms with Crippen LogP contribution in [0.4, 0.5) is 10.8 Å². The fourth-order valence-corrected chi connectivity index (χ4v) is 2.30. The van der Waals surface area contributed by atoms with Gasteiger partial charge in [0.05, 0.1) is 5.69 Å². The first kappa shape index (κ1) is 13.3. The quantitative estimate of drug-likeness (QED) is 0.719. The average Bonchev–Trinajstić information content (AvgIpc) is 3.09. The van der Waals surface area contributed by atoms with Gasteiger partial charge in [-0.25, -0.2) is 9.67 Å². The molecule has 3 rings (SSSR count). The van der Waals surface area contributed by atoms with Gasteiger partial charge in [0, 0.05) is 23.4 Å². The highest BCUT2D eigenvalue weighted by Gasteiger charge is 2.12. The summed E-state index contributed by atoms with van der Waals surface area (Å²) in [5.74, 6) is 0.308. The van der Waals surface area contributed by atoms with E-state index in [1.54, 1.807) is 36.0 Å². The van der Waals surface area contributed by atoms with Crippen LogP contribution in [0.5, 0.6) is 0 Å². The summed E-state index contributed by atoms with van der Waals surface area (Å²) in [6.45, 7) is 1.77. The van der Waals surface area contributed by atoms with Gasteiger partial charge < -0.3 is 5.73 Å². The maximum absolute atomic E-state index is 12.1. The van der Waals surface area contributed by atoms with Crippen molar-refractivity contribution in [2.45, 2.75) is 6.92 Å². The van der Waals surface area contributed by atoms with Crippen LogP contribution in [-0.4, -0.2) is 25.0 Å². The minimum Gasteiger partial charge on any atom is -0.399 e. The Morgan fingerprint density at radius 1 is 1.29 bits per heavy atom. The molecule has 1 aromatic carbocycles. The molecular formula is C13H12N6OS. The highest BCUT2D eigenvalue weighted by Crippen LogP contribution is 2.13. The summed E-state index contributed by atoms with van der Waals surface area (Å²) in [6.07, 6.45) is 1.71. The maximum atomic E-state index is 12.1. The normalized spacial score (nSPS) is 10.5. The third kappa shape index (κ3) is 2.90. The number of carbonyl (C=O) groups is 1. The van der Waals surface area contributed by atoms with Crippen molar-refractivity contribution in [2.24, 2.45) is 0 Å². The molecule has 0 spiro atoms. The van der Waals surface area contributed by atoms with Crippen molar-refractivity contribution in [3.05, 3.63) is 48.0 Å².